The number of ketones is 1. The highest BCUT2D eigenvalue weighted by Gasteiger charge is 2.47. The van der Waals surface area contributed by atoms with E-state index in [0.717, 1.165) is 10.8 Å². The zero-order valence-corrected chi connectivity index (χ0v) is 20.8. The van der Waals surface area contributed by atoms with Gasteiger partial charge in [-0.05, 0) is 29.3 Å². The Morgan fingerprint density at radius 3 is 2.53 bits per heavy atom. The van der Waals surface area contributed by atoms with Crippen LogP contribution < -0.4 is 11.1 Å². The van der Waals surface area contributed by atoms with E-state index in [1.165, 1.54) is 0 Å². The molecule has 180 valence electrons. The molecule has 3 aromatic rings. The van der Waals surface area contributed by atoms with Crippen LogP contribution in [0.3, 0.4) is 0 Å². The molecule has 3 N–H and O–H groups in total. The Kier molecular flexibility index (Phi) is 7.74. The van der Waals surface area contributed by atoms with Gasteiger partial charge in [0.15, 0.2) is 15.6 Å². The number of Topliss-reactive ketones (excluding diaryl/α,β-unsaturated/α-hetero) is 1. The van der Waals surface area contributed by atoms with Crippen LogP contribution in [0.25, 0.3) is 10.8 Å². The number of rotatable bonds is 9. The first-order valence-corrected chi connectivity index (χ1v) is 13.8. The number of nitrogens with two attached hydrogens (primary N) is 1. The van der Waals surface area contributed by atoms with Gasteiger partial charge in [0.05, 0.1) is 16.2 Å². The first-order valence-electron chi connectivity index (χ1n) is 11.5. The van der Waals surface area contributed by atoms with E-state index in [0.29, 0.717) is 37.5 Å². The molecule has 6 nitrogen and oxygen atoms in total. The third-order valence-electron chi connectivity index (χ3n) is 6.61. The van der Waals surface area contributed by atoms with Crippen molar-refractivity contribution in [3.63, 3.8) is 0 Å². The van der Waals surface area contributed by atoms with E-state index in [1.54, 1.807) is 30.3 Å². The van der Waals surface area contributed by atoms with E-state index in [2.05, 4.69) is 22.8 Å². The minimum atomic E-state index is -3.57. The molecule has 0 spiro atoms. The van der Waals surface area contributed by atoms with E-state index < -0.39 is 15.4 Å². The number of hydrogen-bond acceptors (Lipinski definition) is 7. The van der Waals surface area contributed by atoms with Gasteiger partial charge in [-0.1, -0.05) is 60.7 Å². The Hall–Kier alpha value is -2.23. The molecule has 34 heavy (non-hydrogen) atoms. The van der Waals surface area contributed by atoms with E-state index in [1.807, 2.05) is 42.5 Å². The van der Waals surface area contributed by atoms with Gasteiger partial charge in [-0.3, -0.25) is 9.69 Å². The first kappa shape index (κ1) is 24.9. The Labute approximate surface area is 206 Å². The third-order valence-corrected chi connectivity index (χ3v) is 8.82. The number of hydrogen-bond donors (Lipinski definition) is 3. The molecule has 0 saturated carbocycles. The quantitative estimate of drug-likeness (QED) is 0.311. The first-order chi connectivity index (χ1) is 16.4. The summed E-state index contributed by atoms with van der Waals surface area (Å²) in [4.78, 5) is 16.7. The molecular weight excluding hydrogens is 466 g/mol. The van der Waals surface area contributed by atoms with Gasteiger partial charge in [-0.25, -0.2) is 8.42 Å². The highest BCUT2D eigenvalue weighted by molar-refractivity contribution is 7.91. The van der Waals surface area contributed by atoms with Crippen molar-refractivity contribution in [2.75, 3.05) is 37.7 Å². The summed E-state index contributed by atoms with van der Waals surface area (Å²) in [6.07, 6.45) is 0.165. The van der Waals surface area contributed by atoms with Gasteiger partial charge < -0.3 is 11.1 Å². The standard InChI is InChI=1S/C26H31N3O3S2/c27-21(18-33)17-29-15-14-28-19-26(29,13-16-34(31,32)22-9-2-1-3-10-22)25(30)24-12-6-8-20-7-4-5-11-23(20)24/h1-12,21,28,33H,13-19,27H2/t21-,26+/m1/s1. The second-order valence-electron chi connectivity index (χ2n) is 8.83. The molecule has 0 bridgehead atoms. The Bertz CT molecular complexity index is 1250. The average Bonchev–Trinajstić information content (AvgIpc) is 2.88. The fourth-order valence-electron chi connectivity index (χ4n) is 4.75. The number of piperazine rings is 1. The van der Waals surface area contributed by atoms with Gasteiger partial charge in [-0.2, -0.15) is 12.6 Å². The lowest BCUT2D eigenvalue weighted by atomic mass is 9.81. The van der Waals surface area contributed by atoms with Crippen LogP contribution >= 0.6 is 12.6 Å². The molecule has 1 aliphatic rings. The van der Waals surface area contributed by atoms with Crippen molar-refractivity contribution in [2.45, 2.75) is 22.9 Å². The van der Waals surface area contributed by atoms with Crippen molar-refractivity contribution in [1.82, 2.24) is 10.2 Å². The van der Waals surface area contributed by atoms with E-state index in [4.69, 9.17) is 5.73 Å². The van der Waals surface area contributed by atoms with Gasteiger partial charge in [0.25, 0.3) is 0 Å². The molecule has 1 saturated heterocycles. The fraction of sp³-hybridized carbons (Fsp3) is 0.346. The van der Waals surface area contributed by atoms with Crippen LogP contribution in [0, 0.1) is 0 Å². The Balaban J connectivity index is 1.76. The molecule has 0 amide bonds. The van der Waals surface area contributed by atoms with Crippen molar-refractivity contribution in [1.29, 1.82) is 0 Å². The second-order valence-corrected chi connectivity index (χ2v) is 11.3. The van der Waals surface area contributed by atoms with Crippen LogP contribution in [0.1, 0.15) is 16.8 Å². The molecule has 4 rings (SSSR count). The summed E-state index contributed by atoms with van der Waals surface area (Å²) < 4.78 is 26.4. The molecule has 1 fully saturated rings. The summed E-state index contributed by atoms with van der Waals surface area (Å²) >= 11 is 4.34. The fourth-order valence-corrected chi connectivity index (χ4v) is 6.28. The summed E-state index contributed by atoms with van der Waals surface area (Å²) in [5.74, 6) is 0.262. The molecular formula is C26H31N3O3S2. The van der Waals surface area contributed by atoms with Gasteiger partial charge >= 0.3 is 0 Å². The van der Waals surface area contributed by atoms with Gasteiger partial charge in [-0.15, -0.1) is 0 Å². The van der Waals surface area contributed by atoms with Crippen molar-refractivity contribution < 1.29 is 13.2 Å². The number of carbonyl (C=O) groups is 1. The molecule has 1 heterocycles. The predicted octanol–water partition coefficient (Wildman–Crippen LogP) is 2.79. The molecule has 1 aliphatic heterocycles. The van der Waals surface area contributed by atoms with Crippen LogP contribution in [-0.2, 0) is 9.84 Å². The number of carbonyl (C=O) groups excluding carboxylic acids is 1. The van der Waals surface area contributed by atoms with Crippen molar-refractivity contribution >= 4 is 39.0 Å². The normalized spacial score (nSPS) is 20.3. The summed E-state index contributed by atoms with van der Waals surface area (Å²) in [6.45, 7) is 2.13. The summed E-state index contributed by atoms with van der Waals surface area (Å²) in [6, 6.07) is 21.7. The topological polar surface area (TPSA) is 92.5 Å². The minimum Gasteiger partial charge on any atom is -0.326 e. The van der Waals surface area contributed by atoms with Crippen LogP contribution in [0.2, 0.25) is 0 Å². The maximum absolute atomic E-state index is 14.3. The highest BCUT2D eigenvalue weighted by atomic mass is 32.2. The number of sulfone groups is 1. The SMILES string of the molecule is N[C@@H](CS)CN1CCNC[C@@]1(CCS(=O)(=O)c1ccccc1)C(=O)c1cccc2ccccc12. The monoisotopic (exact) mass is 497 g/mol. The Morgan fingerprint density at radius 1 is 1.06 bits per heavy atom. The number of thiol groups is 1. The molecule has 0 aliphatic carbocycles. The maximum atomic E-state index is 14.3. The highest BCUT2D eigenvalue weighted by Crippen LogP contribution is 2.32. The van der Waals surface area contributed by atoms with Crippen molar-refractivity contribution in [3.8, 4) is 0 Å². The van der Waals surface area contributed by atoms with Crippen LogP contribution in [0.4, 0.5) is 0 Å². The van der Waals surface area contributed by atoms with Crippen molar-refractivity contribution in [3.05, 3.63) is 78.4 Å². The predicted molar refractivity (Wildman–Crippen MR) is 140 cm³/mol. The van der Waals surface area contributed by atoms with Gasteiger partial charge in [0.1, 0.15) is 0 Å². The zero-order chi connectivity index (χ0) is 24.2. The molecule has 2 atom stereocenters. The van der Waals surface area contributed by atoms with E-state index >= 15 is 0 Å². The van der Waals surface area contributed by atoms with Gasteiger partial charge in [0.2, 0.25) is 0 Å². The average molecular weight is 498 g/mol. The number of fused-ring (bicyclic) bond motifs is 1. The lowest BCUT2D eigenvalue weighted by Crippen LogP contribution is -2.67. The maximum Gasteiger partial charge on any atom is 0.185 e. The third kappa shape index (κ3) is 5.06. The summed E-state index contributed by atoms with van der Waals surface area (Å²) in [7, 11) is -3.57. The minimum absolute atomic E-state index is 0.0777. The van der Waals surface area contributed by atoms with Crippen LogP contribution in [0.5, 0.6) is 0 Å². The van der Waals surface area contributed by atoms with Crippen molar-refractivity contribution in [2.24, 2.45) is 5.73 Å². The number of nitrogens with zero attached hydrogens (tertiary/aromatic N) is 1. The zero-order valence-electron chi connectivity index (χ0n) is 19.1. The second kappa shape index (κ2) is 10.6. The smallest absolute Gasteiger partial charge is 0.185 e. The number of nitrogens with one attached hydrogen (secondary N) is 1. The van der Waals surface area contributed by atoms with E-state index in [-0.39, 0.29) is 28.9 Å². The molecule has 3 aromatic carbocycles. The molecule has 8 heteroatoms. The molecule has 0 unspecified atom stereocenters. The van der Waals surface area contributed by atoms with Crippen LogP contribution in [0.15, 0.2) is 77.7 Å². The van der Waals surface area contributed by atoms with E-state index in [9.17, 15) is 13.2 Å². The van der Waals surface area contributed by atoms with Crippen LogP contribution in [-0.4, -0.2) is 68.4 Å². The summed E-state index contributed by atoms with van der Waals surface area (Å²) in [5, 5.41) is 5.19. The largest absolute Gasteiger partial charge is 0.326 e. The lowest BCUT2D eigenvalue weighted by Gasteiger charge is -2.47. The molecule has 0 radical (unpaired) electrons. The van der Waals surface area contributed by atoms with Gasteiger partial charge in [0, 0.05) is 43.5 Å². The number of benzene rings is 3. The Morgan fingerprint density at radius 2 is 1.76 bits per heavy atom. The molecule has 0 aromatic heterocycles. The lowest BCUT2D eigenvalue weighted by molar-refractivity contribution is 0.0396. The summed E-state index contributed by atoms with van der Waals surface area (Å²) in [5.41, 5.74) is 5.82.